The minimum atomic E-state index is -0.157. The molecule has 130 valence electrons. The highest BCUT2D eigenvalue weighted by atomic mass is 16.5. The maximum Gasteiger partial charge on any atom is 0.236 e. The molecule has 26 heavy (non-hydrogen) atoms. The Hall–Kier alpha value is -3.41. The molecule has 2 aromatic carbocycles. The van der Waals surface area contributed by atoms with Gasteiger partial charge in [0, 0.05) is 29.2 Å². The van der Waals surface area contributed by atoms with Crippen molar-refractivity contribution in [2.24, 2.45) is 0 Å². The van der Waals surface area contributed by atoms with Crippen LogP contribution in [-0.4, -0.2) is 21.0 Å². The number of fused-ring (bicyclic) bond motifs is 1. The van der Waals surface area contributed by atoms with Crippen LogP contribution in [0, 0.1) is 6.92 Å². The number of benzene rings is 2. The van der Waals surface area contributed by atoms with Crippen molar-refractivity contribution in [1.82, 2.24) is 20.4 Å². The second-order valence-electron chi connectivity index (χ2n) is 6.14. The maximum absolute atomic E-state index is 12.2. The number of nitrogens with zero attached hydrogens (tertiary/aromatic N) is 2. The molecule has 0 fully saturated rings. The number of rotatable bonds is 5. The smallest absolute Gasteiger partial charge is 0.236 e. The molecule has 2 aromatic heterocycles. The van der Waals surface area contributed by atoms with Gasteiger partial charge in [-0.1, -0.05) is 47.6 Å². The fraction of sp³-hybridized carbons (Fsp3) is 0.150. The number of amides is 1. The van der Waals surface area contributed by atoms with Crippen molar-refractivity contribution < 1.29 is 9.32 Å². The van der Waals surface area contributed by atoms with Gasteiger partial charge >= 0.3 is 0 Å². The van der Waals surface area contributed by atoms with Crippen molar-refractivity contribution >= 4 is 16.8 Å². The molecule has 4 aromatic rings. The van der Waals surface area contributed by atoms with Crippen LogP contribution in [0.2, 0.25) is 0 Å². The first-order chi connectivity index (χ1) is 12.7. The molecule has 4 rings (SSSR count). The summed E-state index contributed by atoms with van der Waals surface area (Å²) < 4.78 is 5.22. The minimum absolute atomic E-state index is 0.0568. The lowest BCUT2D eigenvalue weighted by atomic mass is 10.1. The lowest BCUT2D eigenvalue weighted by molar-refractivity contribution is -0.120. The first-order valence-corrected chi connectivity index (χ1v) is 8.41. The SMILES string of the molecule is Cc1ccccc1-c1noc(CC(=O)NCc2c[nH]c3ccccc23)n1. The molecule has 0 saturated heterocycles. The molecule has 0 atom stereocenters. The summed E-state index contributed by atoms with van der Waals surface area (Å²) in [4.78, 5) is 19.7. The van der Waals surface area contributed by atoms with Gasteiger partial charge in [0.15, 0.2) is 0 Å². The number of para-hydroxylation sites is 1. The van der Waals surface area contributed by atoms with Crippen LogP contribution in [0.5, 0.6) is 0 Å². The van der Waals surface area contributed by atoms with Crippen LogP contribution in [0.15, 0.2) is 59.3 Å². The minimum Gasteiger partial charge on any atom is -0.361 e. The van der Waals surface area contributed by atoms with Crippen LogP contribution in [0.25, 0.3) is 22.3 Å². The maximum atomic E-state index is 12.2. The molecular weight excluding hydrogens is 328 g/mol. The summed E-state index contributed by atoms with van der Waals surface area (Å²) in [5.41, 5.74) is 4.06. The molecule has 0 radical (unpaired) electrons. The first-order valence-electron chi connectivity index (χ1n) is 8.41. The zero-order valence-electron chi connectivity index (χ0n) is 14.3. The third-order valence-electron chi connectivity index (χ3n) is 4.32. The summed E-state index contributed by atoms with van der Waals surface area (Å²) >= 11 is 0. The van der Waals surface area contributed by atoms with E-state index in [1.807, 2.05) is 61.7 Å². The van der Waals surface area contributed by atoms with E-state index in [0.717, 1.165) is 27.6 Å². The van der Waals surface area contributed by atoms with Crippen molar-refractivity contribution in [1.29, 1.82) is 0 Å². The van der Waals surface area contributed by atoms with Gasteiger partial charge in [0.05, 0.1) is 0 Å². The molecule has 0 aliphatic heterocycles. The molecule has 6 heteroatoms. The van der Waals surface area contributed by atoms with Crippen LogP contribution in [0.3, 0.4) is 0 Å². The summed E-state index contributed by atoms with van der Waals surface area (Å²) in [5, 5.41) is 7.98. The number of nitrogens with one attached hydrogen (secondary N) is 2. The largest absolute Gasteiger partial charge is 0.361 e. The fourth-order valence-electron chi connectivity index (χ4n) is 2.93. The topological polar surface area (TPSA) is 83.8 Å². The quantitative estimate of drug-likeness (QED) is 0.580. The van der Waals surface area contributed by atoms with Gasteiger partial charge in [-0.2, -0.15) is 4.98 Å². The number of carbonyl (C=O) groups excluding carboxylic acids is 1. The van der Waals surface area contributed by atoms with E-state index in [4.69, 9.17) is 4.52 Å². The number of carbonyl (C=O) groups is 1. The van der Waals surface area contributed by atoms with Crippen molar-refractivity contribution in [3.05, 3.63) is 71.7 Å². The molecule has 1 amide bonds. The van der Waals surface area contributed by atoms with Crippen molar-refractivity contribution in [2.75, 3.05) is 0 Å². The van der Waals surface area contributed by atoms with Gasteiger partial charge in [0.1, 0.15) is 6.42 Å². The number of hydrogen-bond donors (Lipinski definition) is 2. The average molecular weight is 346 g/mol. The van der Waals surface area contributed by atoms with Gasteiger partial charge in [0.2, 0.25) is 17.6 Å². The monoisotopic (exact) mass is 346 g/mol. The van der Waals surface area contributed by atoms with E-state index in [1.54, 1.807) is 0 Å². The van der Waals surface area contributed by atoms with Gasteiger partial charge in [-0.25, -0.2) is 0 Å². The molecule has 2 heterocycles. The number of H-pyrrole nitrogens is 1. The average Bonchev–Trinajstić information content (AvgIpc) is 3.27. The molecule has 0 unspecified atom stereocenters. The Bertz CT molecular complexity index is 1060. The highest BCUT2D eigenvalue weighted by molar-refractivity contribution is 5.84. The predicted molar refractivity (Wildman–Crippen MR) is 98.3 cm³/mol. The summed E-state index contributed by atoms with van der Waals surface area (Å²) in [6, 6.07) is 15.8. The van der Waals surface area contributed by atoms with E-state index < -0.39 is 0 Å². The summed E-state index contributed by atoms with van der Waals surface area (Å²) in [7, 11) is 0. The van der Waals surface area contributed by atoms with Gasteiger partial charge in [-0.3, -0.25) is 4.79 Å². The number of aromatic nitrogens is 3. The first kappa shape index (κ1) is 16.1. The summed E-state index contributed by atoms with van der Waals surface area (Å²) in [6.07, 6.45) is 1.97. The van der Waals surface area contributed by atoms with E-state index in [9.17, 15) is 4.79 Å². The van der Waals surface area contributed by atoms with Gasteiger partial charge in [-0.05, 0) is 24.1 Å². The van der Waals surface area contributed by atoms with E-state index in [-0.39, 0.29) is 12.3 Å². The Morgan fingerprint density at radius 1 is 1.15 bits per heavy atom. The highest BCUT2D eigenvalue weighted by Crippen LogP contribution is 2.20. The third-order valence-corrected chi connectivity index (χ3v) is 4.32. The lowest BCUT2D eigenvalue weighted by Crippen LogP contribution is -2.24. The molecule has 6 nitrogen and oxygen atoms in total. The van der Waals surface area contributed by atoms with Gasteiger partial charge in [0.25, 0.3) is 0 Å². The molecule has 2 N–H and O–H groups in total. The second-order valence-corrected chi connectivity index (χ2v) is 6.14. The van der Waals surface area contributed by atoms with E-state index >= 15 is 0 Å². The number of aryl methyl sites for hydroxylation is 1. The van der Waals surface area contributed by atoms with Crippen LogP contribution >= 0.6 is 0 Å². The predicted octanol–water partition coefficient (Wildman–Crippen LogP) is 3.39. The highest BCUT2D eigenvalue weighted by Gasteiger charge is 2.14. The third kappa shape index (κ3) is 3.21. The molecule has 0 aliphatic carbocycles. The number of aromatic amines is 1. The van der Waals surface area contributed by atoms with Gasteiger partial charge < -0.3 is 14.8 Å². The van der Waals surface area contributed by atoms with E-state index in [2.05, 4.69) is 20.4 Å². The van der Waals surface area contributed by atoms with Gasteiger partial charge in [-0.15, -0.1) is 0 Å². The normalized spacial score (nSPS) is 11.0. The van der Waals surface area contributed by atoms with E-state index in [1.165, 1.54) is 0 Å². The van der Waals surface area contributed by atoms with E-state index in [0.29, 0.717) is 18.3 Å². The molecule has 0 saturated carbocycles. The van der Waals surface area contributed by atoms with Crippen molar-refractivity contribution in [3.63, 3.8) is 0 Å². The fourth-order valence-corrected chi connectivity index (χ4v) is 2.93. The Morgan fingerprint density at radius 3 is 2.85 bits per heavy atom. The van der Waals surface area contributed by atoms with Crippen LogP contribution in [0.1, 0.15) is 17.0 Å². The van der Waals surface area contributed by atoms with Crippen LogP contribution < -0.4 is 5.32 Å². The molecular formula is C20H18N4O2. The molecule has 0 aliphatic rings. The Balaban J connectivity index is 1.40. The number of hydrogen-bond acceptors (Lipinski definition) is 4. The Labute approximate surface area is 150 Å². The van der Waals surface area contributed by atoms with Crippen molar-refractivity contribution in [2.45, 2.75) is 19.9 Å². The van der Waals surface area contributed by atoms with Crippen molar-refractivity contribution in [3.8, 4) is 11.4 Å². The summed E-state index contributed by atoms with van der Waals surface area (Å²) in [5.74, 6) is 0.650. The zero-order valence-corrected chi connectivity index (χ0v) is 14.3. The lowest BCUT2D eigenvalue weighted by Gasteiger charge is -2.02. The van der Waals surface area contributed by atoms with Crippen LogP contribution in [-0.2, 0) is 17.8 Å². The standard InChI is InChI=1S/C20H18N4O2/c1-13-6-2-3-7-15(13)20-23-19(26-24-20)10-18(25)22-12-14-11-21-17-9-5-4-8-16(14)17/h2-9,11,21H,10,12H2,1H3,(H,22,25). The Morgan fingerprint density at radius 2 is 1.96 bits per heavy atom. The second kappa shape index (κ2) is 6.84. The molecule has 0 bridgehead atoms. The summed E-state index contributed by atoms with van der Waals surface area (Å²) in [6.45, 7) is 2.43. The Kier molecular flexibility index (Phi) is 4.23. The zero-order chi connectivity index (χ0) is 17.9. The molecule has 0 spiro atoms. The van der Waals surface area contributed by atoms with Crippen LogP contribution in [0.4, 0.5) is 0 Å².